The quantitative estimate of drug-likeness (QED) is 0.232. The molecule has 8 nitrogen and oxygen atoms in total. The van der Waals surface area contributed by atoms with Gasteiger partial charge in [0.1, 0.15) is 5.75 Å². The van der Waals surface area contributed by atoms with Gasteiger partial charge in [-0.1, -0.05) is 57.1 Å². The predicted molar refractivity (Wildman–Crippen MR) is 177 cm³/mol. The average molecular weight is 703 g/mol. The molecule has 3 fully saturated rings. The Kier molecular flexibility index (Phi) is 7.03. The molecule has 45 heavy (non-hydrogen) atoms. The molecule has 3 heterocycles. The van der Waals surface area contributed by atoms with Crippen LogP contribution in [0.5, 0.6) is 5.75 Å². The van der Waals surface area contributed by atoms with Crippen LogP contribution in [0, 0.1) is 36.5 Å². The zero-order chi connectivity index (χ0) is 31.0. The number of hydrogen-bond acceptors (Lipinski definition) is 7. The summed E-state index contributed by atoms with van der Waals surface area (Å²) in [5, 5.41) is 3.80. The zero-order valence-corrected chi connectivity index (χ0v) is 27.3. The van der Waals surface area contributed by atoms with E-state index in [-0.39, 0.29) is 70.0 Å². The summed E-state index contributed by atoms with van der Waals surface area (Å²) < 4.78 is 6.82. The Bertz CT molecular complexity index is 1910. The summed E-state index contributed by atoms with van der Waals surface area (Å²) in [6.45, 7) is 1.84. The lowest BCUT2D eigenvalue weighted by Gasteiger charge is -2.43. The summed E-state index contributed by atoms with van der Waals surface area (Å²) in [6, 6.07) is 22.6. The molecule has 7 atom stereocenters. The number of aromatic amines is 1. The fourth-order valence-corrected chi connectivity index (χ4v) is 11.2. The molecule has 2 saturated carbocycles. The van der Waals surface area contributed by atoms with E-state index in [0.717, 1.165) is 31.9 Å². The molecule has 0 radical (unpaired) electrons. The minimum Gasteiger partial charge on any atom is -0.484 e. The van der Waals surface area contributed by atoms with E-state index in [1.165, 1.54) is 16.2 Å². The first-order chi connectivity index (χ1) is 21.8. The Morgan fingerprint density at radius 3 is 2.49 bits per heavy atom. The number of nitrogens with one attached hydrogen (secondary N) is 2. The minimum atomic E-state index is -0.377. The van der Waals surface area contributed by atoms with E-state index in [2.05, 4.69) is 26.2 Å². The normalized spacial score (nSPS) is 27.7. The summed E-state index contributed by atoms with van der Waals surface area (Å²) in [6.07, 6.45) is 0.814. The number of carbonyl (C=O) groups excluding carboxylic acids is 3. The molecule has 2 bridgehead atoms. The predicted octanol–water partition coefficient (Wildman–Crippen LogP) is 6.20. The van der Waals surface area contributed by atoms with Crippen LogP contribution in [0.15, 0.2) is 87.1 Å². The SMILES string of the molecule is Cc1ccc(NC(=O)COc2cccc([C@H]3c4sc(=O)[nH]c4SC4C5CC(C6C(=O)N(c7ccc(Br)cc7)C(=O)C56)C43)c2)cc1. The molecule has 2 aliphatic heterocycles. The summed E-state index contributed by atoms with van der Waals surface area (Å²) in [5.74, 6) is -0.685. The maximum Gasteiger partial charge on any atom is 0.305 e. The molecular weight excluding hydrogens is 674 g/mol. The molecular formula is C34H28BrN3O5S2. The van der Waals surface area contributed by atoms with Gasteiger partial charge in [-0.05, 0) is 85.2 Å². The van der Waals surface area contributed by atoms with Gasteiger partial charge in [0.25, 0.3) is 5.91 Å². The van der Waals surface area contributed by atoms with E-state index < -0.39 is 0 Å². The van der Waals surface area contributed by atoms with E-state index in [1.807, 2.05) is 79.7 Å². The summed E-state index contributed by atoms with van der Waals surface area (Å²) >= 11 is 6.32. The number of ether oxygens (including phenoxy) is 1. The maximum atomic E-state index is 14.0. The average Bonchev–Trinajstić information content (AvgIpc) is 3.77. The number of anilines is 2. The molecule has 228 valence electrons. The molecule has 1 saturated heterocycles. The number of thioether (sulfide) groups is 1. The number of carbonyl (C=O) groups is 3. The van der Waals surface area contributed by atoms with Crippen LogP contribution in [0.25, 0.3) is 0 Å². The van der Waals surface area contributed by atoms with Crippen molar-refractivity contribution >= 4 is 68.1 Å². The van der Waals surface area contributed by atoms with Crippen LogP contribution in [0.4, 0.5) is 11.4 Å². The monoisotopic (exact) mass is 701 g/mol. The van der Waals surface area contributed by atoms with Gasteiger partial charge in [0, 0.05) is 26.2 Å². The molecule has 8 rings (SSSR count). The number of H-pyrrole nitrogens is 1. The lowest BCUT2D eigenvalue weighted by Crippen LogP contribution is -2.42. The van der Waals surface area contributed by atoms with Gasteiger partial charge >= 0.3 is 4.87 Å². The largest absolute Gasteiger partial charge is 0.484 e. The highest BCUT2D eigenvalue weighted by Crippen LogP contribution is 2.68. The fourth-order valence-electron chi connectivity index (χ4n) is 8.02. The van der Waals surface area contributed by atoms with Gasteiger partial charge in [0.05, 0.1) is 22.5 Å². The third-order valence-corrected chi connectivity index (χ3v) is 12.8. The lowest BCUT2D eigenvalue weighted by atomic mass is 9.68. The van der Waals surface area contributed by atoms with Gasteiger partial charge in [-0.25, -0.2) is 0 Å². The molecule has 2 aliphatic carbocycles. The van der Waals surface area contributed by atoms with Gasteiger partial charge in [-0.3, -0.25) is 24.1 Å². The van der Waals surface area contributed by atoms with Crippen molar-refractivity contribution < 1.29 is 19.1 Å². The number of aryl methyl sites for hydroxylation is 1. The van der Waals surface area contributed by atoms with E-state index >= 15 is 0 Å². The molecule has 4 aliphatic rings. The molecule has 6 unspecified atom stereocenters. The van der Waals surface area contributed by atoms with Crippen LogP contribution in [0.3, 0.4) is 0 Å². The number of benzene rings is 3. The Morgan fingerprint density at radius 2 is 1.73 bits per heavy atom. The highest BCUT2D eigenvalue weighted by molar-refractivity contribution is 9.10. The van der Waals surface area contributed by atoms with E-state index in [9.17, 15) is 19.2 Å². The Hall–Kier alpha value is -3.67. The highest BCUT2D eigenvalue weighted by atomic mass is 79.9. The molecule has 11 heteroatoms. The number of fused-ring (bicyclic) bond motifs is 9. The van der Waals surface area contributed by atoms with Crippen LogP contribution in [-0.2, 0) is 14.4 Å². The number of amides is 3. The van der Waals surface area contributed by atoms with Crippen molar-refractivity contribution in [2.24, 2.45) is 29.6 Å². The standard InChI is InChI=1S/C34H28BrN3O5S2/c1-16-5-9-19(10-6-16)36-24(39)15-43-21-4-2-3-17(13-21)25-26-22-14-23(29(26)44-31-30(25)45-34(42)37-31)28-27(22)32(40)38(33(28)41)20-11-7-18(35)8-12-20/h2-13,22-23,25-29H,14-15H2,1H3,(H,36,39)(H,37,42)/t22?,23?,25-,26?,27?,28?,29?/m1/s1. The highest BCUT2D eigenvalue weighted by Gasteiger charge is 2.69. The number of aromatic nitrogens is 1. The second-order valence-electron chi connectivity index (χ2n) is 12.2. The smallest absolute Gasteiger partial charge is 0.305 e. The maximum absolute atomic E-state index is 14.0. The van der Waals surface area contributed by atoms with Crippen molar-refractivity contribution in [2.75, 3.05) is 16.8 Å². The van der Waals surface area contributed by atoms with Crippen molar-refractivity contribution in [1.82, 2.24) is 4.98 Å². The molecule has 0 spiro atoms. The number of rotatable bonds is 6. The van der Waals surface area contributed by atoms with Crippen molar-refractivity contribution in [3.63, 3.8) is 0 Å². The molecule has 3 aromatic carbocycles. The summed E-state index contributed by atoms with van der Waals surface area (Å²) in [4.78, 5) is 58.3. The first kappa shape index (κ1) is 28.8. The van der Waals surface area contributed by atoms with Crippen LogP contribution in [-0.4, -0.2) is 34.6 Å². The van der Waals surface area contributed by atoms with E-state index in [4.69, 9.17) is 4.74 Å². The second-order valence-corrected chi connectivity index (χ2v) is 15.3. The third kappa shape index (κ3) is 4.78. The third-order valence-electron chi connectivity index (χ3n) is 9.73. The zero-order valence-electron chi connectivity index (χ0n) is 24.1. The fraction of sp³-hybridized carbons (Fsp3) is 0.294. The van der Waals surface area contributed by atoms with Crippen LogP contribution in [0.1, 0.15) is 28.3 Å². The number of thiazole rings is 1. The van der Waals surface area contributed by atoms with Crippen LogP contribution >= 0.6 is 39.0 Å². The van der Waals surface area contributed by atoms with Crippen molar-refractivity contribution in [3.05, 3.63) is 103 Å². The number of hydrogen-bond donors (Lipinski definition) is 2. The minimum absolute atomic E-state index is 0.00890. The van der Waals surface area contributed by atoms with Crippen LogP contribution < -0.4 is 19.8 Å². The molecule has 1 aromatic heterocycles. The first-order valence-electron chi connectivity index (χ1n) is 14.9. The van der Waals surface area contributed by atoms with E-state index in [0.29, 0.717) is 17.1 Å². The van der Waals surface area contributed by atoms with Crippen LogP contribution in [0.2, 0.25) is 0 Å². The van der Waals surface area contributed by atoms with Gasteiger partial charge in [-0.2, -0.15) is 0 Å². The number of nitrogens with zero attached hydrogens (tertiary/aromatic N) is 1. The molecule has 3 amide bonds. The van der Waals surface area contributed by atoms with Crippen molar-refractivity contribution in [2.45, 2.75) is 29.5 Å². The number of imide groups is 1. The van der Waals surface area contributed by atoms with Crippen molar-refractivity contribution in [3.8, 4) is 5.75 Å². The molecule has 2 N–H and O–H groups in total. The summed E-state index contributed by atoms with van der Waals surface area (Å²) in [7, 11) is 0. The van der Waals surface area contributed by atoms with Gasteiger partial charge in [0.2, 0.25) is 11.8 Å². The van der Waals surface area contributed by atoms with Gasteiger partial charge < -0.3 is 15.0 Å². The second kappa shape index (κ2) is 11.0. The Balaban J connectivity index is 1.08. The van der Waals surface area contributed by atoms with Crippen molar-refractivity contribution in [1.29, 1.82) is 0 Å². The Morgan fingerprint density at radius 1 is 1.00 bits per heavy atom. The van der Waals surface area contributed by atoms with Gasteiger partial charge in [-0.15, -0.1) is 11.8 Å². The first-order valence-corrected chi connectivity index (χ1v) is 17.4. The van der Waals surface area contributed by atoms with Gasteiger partial charge in [0.15, 0.2) is 6.61 Å². The number of halogens is 1. The van der Waals surface area contributed by atoms with E-state index in [1.54, 1.807) is 11.8 Å². The lowest BCUT2D eigenvalue weighted by molar-refractivity contribution is -0.123. The Labute approximate surface area is 275 Å². The summed E-state index contributed by atoms with van der Waals surface area (Å²) in [5.41, 5.74) is 3.39. The molecule has 4 aromatic rings. The topological polar surface area (TPSA) is 109 Å².